The Morgan fingerprint density at radius 1 is 1.15 bits per heavy atom. The third-order valence-corrected chi connectivity index (χ3v) is 10.7. The van der Waals surface area contributed by atoms with Crippen LogP contribution in [0.1, 0.15) is 43.0 Å². The van der Waals surface area contributed by atoms with Crippen LogP contribution in [0.4, 0.5) is 16.0 Å². The molecule has 3 fully saturated rings. The average molecular weight is 636 g/mol. The minimum atomic E-state index is -0.318. The van der Waals surface area contributed by atoms with E-state index < -0.39 is 0 Å². The quantitative estimate of drug-likeness (QED) is 0.315. The number of hydrogen-bond donors (Lipinski definition) is 2. The normalized spacial score (nSPS) is 21.1. The zero-order valence-corrected chi connectivity index (χ0v) is 25.8. The Bertz CT molecular complexity index is 1420. The van der Waals surface area contributed by atoms with Crippen molar-refractivity contribution < 1.29 is 14.3 Å². The van der Waals surface area contributed by atoms with Gasteiger partial charge >= 0.3 is 5.97 Å². The smallest absolute Gasteiger partial charge is 0.309 e. The number of anilines is 3. The molecule has 0 aromatic carbocycles. The first-order valence-electron chi connectivity index (χ1n) is 14.0. The van der Waals surface area contributed by atoms with Crippen molar-refractivity contribution in [2.24, 2.45) is 11.8 Å². The molecule has 3 aromatic rings. The molecule has 2 atom stereocenters. The standard InChI is InChI=1S/C28H32Cl2N6O3S2/c1-2-39-27(38)16-4-8-35(9-5-16)24-20(30)11-18(13-32-24)25(37)34-28-33-23(22-12-19(29)15-40-22)26(41-28)36-10-6-21-17(14-36)3-7-31-21/h11-13,15-17,21,31H,2-10,14H2,1H3,(H,33,34,37). The Hall–Kier alpha value is -2.44. The predicted octanol–water partition coefficient (Wildman–Crippen LogP) is 5.79. The Morgan fingerprint density at radius 2 is 1.95 bits per heavy atom. The predicted molar refractivity (Wildman–Crippen MR) is 166 cm³/mol. The van der Waals surface area contributed by atoms with Crippen LogP contribution in [0.3, 0.4) is 0 Å². The molecule has 0 aliphatic carbocycles. The average Bonchev–Trinajstić information content (AvgIpc) is 3.72. The van der Waals surface area contributed by atoms with Crippen LogP contribution in [0.25, 0.3) is 10.6 Å². The number of esters is 1. The van der Waals surface area contributed by atoms with Crippen LogP contribution < -0.4 is 20.4 Å². The van der Waals surface area contributed by atoms with Crippen LogP contribution in [-0.4, -0.2) is 67.2 Å². The van der Waals surface area contributed by atoms with E-state index in [0.717, 1.165) is 41.6 Å². The largest absolute Gasteiger partial charge is 0.466 e. The molecule has 0 saturated carbocycles. The molecule has 9 nitrogen and oxygen atoms in total. The summed E-state index contributed by atoms with van der Waals surface area (Å²) in [4.78, 5) is 40.2. The maximum atomic E-state index is 13.3. The zero-order valence-electron chi connectivity index (χ0n) is 22.7. The molecule has 6 rings (SSSR count). The van der Waals surface area contributed by atoms with Crippen LogP contribution in [0.2, 0.25) is 10.0 Å². The van der Waals surface area contributed by atoms with Gasteiger partial charge in [0.25, 0.3) is 5.91 Å². The summed E-state index contributed by atoms with van der Waals surface area (Å²) in [5.74, 6) is 0.667. The van der Waals surface area contributed by atoms with Crippen molar-refractivity contribution in [3.05, 3.63) is 39.3 Å². The summed E-state index contributed by atoms with van der Waals surface area (Å²) in [7, 11) is 0. The monoisotopic (exact) mass is 634 g/mol. The molecule has 1 amide bonds. The molecule has 3 aliphatic rings. The number of thiazole rings is 1. The van der Waals surface area contributed by atoms with Crippen molar-refractivity contribution in [3.8, 4) is 10.6 Å². The number of thiophene rings is 1. The molecule has 41 heavy (non-hydrogen) atoms. The summed E-state index contributed by atoms with van der Waals surface area (Å²) in [5.41, 5.74) is 1.21. The van der Waals surface area contributed by atoms with Gasteiger partial charge in [-0.15, -0.1) is 11.3 Å². The fourth-order valence-corrected chi connectivity index (χ4v) is 8.38. The molecule has 0 bridgehead atoms. The van der Waals surface area contributed by atoms with Crippen molar-refractivity contribution in [2.75, 3.05) is 54.4 Å². The maximum Gasteiger partial charge on any atom is 0.309 e. The van der Waals surface area contributed by atoms with Crippen molar-refractivity contribution in [2.45, 2.75) is 38.6 Å². The van der Waals surface area contributed by atoms with Gasteiger partial charge in [0.1, 0.15) is 16.5 Å². The van der Waals surface area contributed by atoms with Gasteiger partial charge < -0.3 is 19.9 Å². The Labute approximate surface area is 257 Å². The van der Waals surface area contributed by atoms with Gasteiger partial charge in [0.2, 0.25) is 0 Å². The van der Waals surface area contributed by atoms with Gasteiger partial charge in [-0.3, -0.25) is 14.9 Å². The molecule has 2 unspecified atom stereocenters. The van der Waals surface area contributed by atoms with Gasteiger partial charge in [0.15, 0.2) is 5.13 Å². The summed E-state index contributed by atoms with van der Waals surface area (Å²) in [5, 5.41) is 11.2. The number of hydrogen-bond acceptors (Lipinski definition) is 10. The molecule has 2 N–H and O–H groups in total. The first-order chi connectivity index (χ1) is 19.9. The highest BCUT2D eigenvalue weighted by Gasteiger charge is 2.35. The first kappa shape index (κ1) is 28.7. The summed E-state index contributed by atoms with van der Waals surface area (Å²) >= 11 is 15.9. The van der Waals surface area contributed by atoms with E-state index in [-0.39, 0.29) is 17.8 Å². The molecule has 3 saturated heterocycles. The van der Waals surface area contributed by atoms with Crippen LogP contribution in [0, 0.1) is 11.8 Å². The number of ether oxygens (including phenoxy) is 1. The summed E-state index contributed by atoms with van der Waals surface area (Å²) in [6.45, 7) is 6.48. The first-order valence-corrected chi connectivity index (χ1v) is 16.5. The highest BCUT2D eigenvalue weighted by atomic mass is 35.5. The van der Waals surface area contributed by atoms with Gasteiger partial charge in [-0.05, 0) is 57.2 Å². The Morgan fingerprint density at radius 3 is 2.68 bits per heavy atom. The lowest BCUT2D eigenvalue weighted by Crippen LogP contribution is -2.44. The molecular formula is C28H32Cl2N6O3S2. The van der Waals surface area contributed by atoms with Crippen molar-refractivity contribution >= 4 is 73.7 Å². The second kappa shape index (κ2) is 12.4. The highest BCUT2D eigenvalue weighted by Crippen LogP contribution is 2.43. The number of nitrogens with zero attached hydrogens (tertiary/aromatic N) is 4. The third-order valence-electron chi connectivity index (χ3n) is 8.07. The van der Waals surface area contributed by atoms with Crippen molar-refractivity contribution in [3.63, 3.8) is 0 Å². The number of fused-ring (bicyclic) bond motifs is 1. The maximum absolute atomic E-state index is 13.3. The minimum absolute atomic E-state index is 0.102. The molecule has 13 heteroatoms. The lowest BCUT2D eigenvalue weighted by molar-refractivity contribution is -0.148. The van der Waals surface area contributed by atoms with E-state index in [1.165, 1.54) is 17.8 Å². The van der Waals surface area contributed by atoms with Crippen LogP contribution in [-0.2, 0) is 9.53 Å². The number of carbonyl (C=O) groups is 2. The molecule has 6 heterocycles. The number of halogens is 2. The molecular weight excluding hydrogens is 603 g/mol. The van der Waals surface area contributed by atoms with E-state index in [4.69, 9.17) is 32.9 Å². The summed E-state index contributed by atoms with van der Waals surface area (Å²) < 4.78 is 5.16. The van der Waals surface area contributed by atoms with Crippen LogP contribution in [0.15, 0.2) is 23.7 Å². The molecule has 0 spiro atoms. The fourth-order valence-electron chi connectivity index (χ4n) is 5.95. The number of carbonyl (C=O) groups excluding carboxylic acids is 2. The number of pyridine rings is 1. The van der Waals surface area contributed by atoms with Crippen molar-refractivity contribution in [1.29, 1.82) is 0 Å². The third kappa shape index (κ3) is 6.19. The van der Waals surface area contributed by atoms with Crippen molar-refractivity contribution in [1.82, 2.24) is 15.3 Å². The zero-order chi connectivity index (χ0) is 28.5. The number of rotatable bonds is 7. The number of aromatic nitrogens is 2. The van der Waals surface area contributed by atoms with E-state index in [1.807, 2.05) is 23.3 Å². The topological polar surface area (TPSA) is 99.7 Å². The summed E-state index contributed by atoms with van der Waals surface area (Å²) in [6.07, 6.45) is 5.17. The second-order valence-electron chi connectivity index (χ2n) is 10.6. The van der Waals surface area contributed by atoms with Gasteiger partial charge in [0.05, 0.1) is 33.0 Å². The lowest BCUT2D eigenvalue weighted by Gasteiger charge is -2.35. The van der Waals surface area contributed by atoms with E-state index in [0.29, 0.717) is 71.1 Å². The van der Waals surface area contributed by atoms with Gasteiger partial charge in [-0.2, -0.15) is 0 Å². The van der Waals surface area contributed by atoms with Crippen LogP contribution in [0.5, 0.6) is 0 Å². The SMILES string of the molecule is CCOC(=O)C1CCN(c2ncc(C(=O)Nc3nc(-c4cc(Cl)cs4)c(N4CCC5NCCC5C4)s3)cc2Cl)CC1. The van der Waals surface area contributed by atoms with E-state index in [1.54, 1.807) is 23.6 Å². The lowest BCUT2D eigenvalue weighted by atomic mass is 9.93. The van der Waals surface area contributed by atoms with Gasteiger partial charge in [-0.25, -0.2) is 9.97 Å². The Kier molecular flexibility index (Phi) is 8.69. The molecule has 0 radical (unpaired) electrons. The van der Waals surface area contributed by atoms with E-state index >= 15 is 0 Å². The fraction of sp³-hybridized carbons (Fsp3) is 0.500. The van der Waals surface area contributed by atoms with Gasteiger partial charge in [0, 0.05) is 43.8 Å². The molecule has 3 aliphatic heterocycles. The minimum Gasteiger partial charge on any atom is -0.466 e. The van der Waals surface area contributed by atoms with E-state index in [2.05, 4.69) is 20.5 Å². The number of amides is 1. The van der Waals surface area contributed by atoms with Gasteiger partial charge in [-0.1, -0.05) is 34.5 Å². The molecule has 218 valence electrons. The van der Waals surface area contributed by atoms with E-state index in [9.17, 15) is 9.59 Å². The second-order valence-corrected chi connectivity index (χ2v) is 13.4. The van der Waals surface area contributed by atoms with Crippen LogP contribution >= 0.6 is 45.9 Å². The Balaban J connectivity index is 1.16. The highest BCUT2D eigenvalue weighted by molar-refractivity contribution is 7.21. The summed E-state index contributed by atoms with van der Waals surface area (Å²) in [6, 6.07) is 4.16. The number of piperidine rings is 2. The number of nitrogens with one attached hydrogen (secondary N) is 2. The molecule has 3 aromatic heterocycles.